The summed E-state index contributed by atoms with van der Waals surface area (Å²) < 4.78 is 11.9. The number of hydrogen-bond acceptors (Lipinski definition) is 5. The van der Waals surface area contributed by atoms with Crippen LogP contribution in [0.1, 0.15) is 50.9 Å². The smallest absolute Gasteiger partial charge is 0.319 e. The highest BCUT2D eigenvalue weighted by Crippen LogP contribution is 2.26. The molecule has 1 aliphatic rings. The highest BCUT2D eigenvalue weighted by molar-refractivity contribution is 5.99. The van der Waals surface area contributed by atoms with Gasteiger partial charge in [-0.3, -0.25) is 9.69 Å². The number of ether oxygens (including phenoxy) is 2. The topological polar surface area (TPSA) is 83.1 Å². The van der Waals surface area contributed by atoms with Crippen molar-refractivity contribution in [3.8, 4) is 5.75 Å². The molecule has 0 bridgehead atoms. The molecule has 0 saturated heterocycles. The lowest BCUT2D eigenvalue weighted by Gasteiger charge is -2.35. The second-order valence-corrected chi connectivity index (χ2v) is 8.68. The number of carbonyl (C=O) groups is 2. The molecule has 0 spiro atoms. The molecule has 0 radical (unpaired) electrons. The molecule has 3 atom stereocenters. The van der Waals surface area contributed by atoms with Gasteiger partial charge in [-0.2, -0.15) is 0 Å². The molecule has 1 aliphatic heterocycles. The molecule has 1 heterocycles. The number of nitrogens with one attached hydrogen (secondary N) is 2. The molecule has 0 saturated carbocycles. The predicted octanol–water partition coefficient (Wildman–Crippen LogP) is 3.43. The summed E-state index contributed by atoms with van der Waals surface area (Å²) in [7, 11) is 3.48. The number of hydrogen-bond donors (Lipinski definition) is 2. The van der Waals surface area contributed by atoms with E-state index in [1.165, 1.54) is 0 Å². The molecule has 0 aromatic heterocycles. The van der Waals surface area contributed by atoms with E-state index in [0.29, 0.717) is 36.7 Å². The minimum atomic E-state index is -0.293. The van der Waals surface area contributed by atoms with Crippen molar-refractivity contribution < 1.29 is 19.1 Å². The van der Waals surface area contributed by atoms with E-state index in [1.54, 1.807) is 37.3 Å². The zero-order chi connectivity index (χ0) is 23.7. The Balaban J connectivity index is 2.35. The van der Waals surface area contributed by atoms with E-state index in [-0.39, 0.29) is 30.0 Å². The molecule has 180 valence electrons. The first-order valence-electron chi connectivity index (χ1n) is 11.6. The van der Waals surface area contributed by atoms with Crippen molar-refractivity contribution in [2.45, 2.75) is 52.7 Å². The van der Waals surface area contributed by atoms with Crippen molar-refractivity contribution in [1.29, 1.82) is 0 Å². The normalized spacial score (nSPS) is 22.9. The number of benzene rings is 1. The Kier molecular flexibility index (Phi) is 10.3. The molecule has 0 aliphatic carbocycles. The first-order valence-corrected chi connectivity index (χ1v) is 11.6. The summed E-state index contributed by atoms with van der Waals surface area (Å²) in [6.45, 7) is 11.9. The highest BCUT2D eigenvalue weighted by atomic mass is 16.5. The van der Waals surface area contributed by atoms with Crippen LogP contribution in [0.25, 0.3) is 0 Å². The average Bonchev–Trinajstić information content (AvgIpc) is 2.78. The maximum Gasteiger partial charge on any atom is 0.319 e. The summed E-state index contributed by atoms with van der Waals surface area (Å²) >= 11 is 0. The molecular formula is C24H40N4O4. The number of amides is 3. The van der Waals surface area contributed by atoms with E-state index in [2.05, 4.69) is 36.3 Å². The van der Waals surface area contributed by atoms with Crippen LogP contribution in [0.4, 0.5) is 10.5 Å². The van der Waals surface area contributed by atoms with Crippen LogP contribution in [0.15, 0.2) is 18.2 Å². The molecule has 3 amide bonds. The van der Waals surface area contributed by atoms with E-state index < -0.39 is 0 Å². The molecule has 0 unspecified atom stereocenters. The second-order valence-electron chi connectivity index (χ2n) is 8.68. The lowest BCUT2D eigenvalue weighted by Crippen LogP contribution is -2.46. The van der Waals surface area contributed by atoms with Crippen molar-refractivity contribution in [2.75, 3.05) is 52.3 Å². The maximum atomic E-state index is 13.3. The molecule has 8 nitrogen and oxygen atoms in total. The Hall–Kier alpha value is -2.32. The van der Waals surface area contributed by atoms with Crippen molar-refractivity contribution in [3.05, 3.63) is 23.8 Å². The SMILES string of the molecule is CCCNC(=O)Nc1ccc2c(c1)C(=O)N(C)C[C@@H](OC)[C@@H](C)CN(CCC)[C@H](C)CO2. The van der Waals surface area contributed by atoms with Gasteiger partial charge in [-0.05, 0) is 50.4 Å². The van der Waals surface area contributed by atoms with Gasteiger partial charge in [-0.25, -0.2) is 4.79 Å². The summed E-state index contributed by atoms with van der Waals surface area (Å²) in [5.41, 5.74) is 0.977. The van der Waals surface area contributed by atoms with Crippen LogP contribution in [0.3, 0.4) is 0 Å². The fourth-order valence-corrected chi connectivity index (χ4v) is 3.94. The number of methoxy groups -OCH3 is 1. The quantitative estimate of drug-likeness (QED) is 0.697. The Morgan fingerprint density at radius 2 is 1.97 bits per heavy atom. The number of rotatable bonds is 6. The zero-order valence-electron chi connectivity index (χ0n) is 20.4. The number of anilines is 1. The number of nitrogens with zero attached hydrogens (tertiary/aromatic N) is 2. The number of likely N-dealkylation sites (N-methyl/N-ethyl adjacent to an activating group) is 1. The van der Waals surface area contributed by atoms with Crippen molar-refractivity contribution in [3.63, 3.8) is 0 Å². The van der Waals surface area contributed by atoms with E-state index in [0.717, 1.165) is 25.9 Å². The third-order valence-electron chi connectivity index (χ3n) is 5.88. The third-order valence-corrected chi connectivity index (χ3v) is 5.88. The van der Waals surface area contributed by atoms with Crippen LogP contribution in [0, 0.1) is 5.92 Å². The number of fused-ring (bicyclic) bond motifs is 1. The Morgan fingerprint density at radius 3 is 2.62 bits per heavy atom. The van der Waals surface area contributed by atoms with Crippen LogP contribution >= 0.6 is 0 Å². The standard InChI is InChI=1S/C24H40N4O4/c1-7-11-25-24(30)26-19-9-10-21-20(13-19)23(29)27(5)15-22(31-6)17(3)14-28(12-8-2)18(4)16-32-21/h9-10,13,17-18,22H,7-8,11-12,14-16H2,1-6H3,(H2,25,26,30)/t17-,18+,22+/m0/s1. The lowest BCUT2D eigenvalue weighted by atomic mass is 10.0. The molecule has 2 rings (SSSR count). The van der Waals surface area contributed by atoms with Gasteiger partial charge in [0.05, 0.1) is 11.7 Å². The summed E-state index contributed by atoms with van der Waals surface area (Å²) in [5, 5.41) is 5.58. The summed E-state index contributed by atoms with van der Waals surface area (Å²) in [5.74, 6) is 0.608. The Bertz CT molecular complexity index is 758. The fourth-order valence-electron chi connectivity index (χ4n) is 3.94. The lowest BCUT2D eigenvalue weighted by molar-refractivity contribution is 0.0108. The van der Waals surface area contributed by atoms with E-state index in [1.807, 2.05) is 6.92 Å². The summed E-state index contributed by atoms with van der Waals surface area (Å²) in [4.78, 5) is 29.5. The van der Waals surface area contributed by atoms with Gasteiger partial charge in [-0.15, -0.1) is 0 Å². The highest BCUT2D eigenvalue weighted by Gasteiger charge is 2.28. The van der Waals surface area contributed by atoms with Crippen LogP contribution in [0.5, 0.6) is 5.75 Å². The van der Waals surface area contributed by atoms with Gasteiger partial charge >= 0.3 is 6.03 Å². The second kappa shape index (κ2) is 12.6. The van der Waals surface area contributed by atoms with E-state index in [9.17, 15) is 9.59 Å². The van der Waals surface area contributed by atoms with E-state index in [4.69, 9.17) is 9.47 Å². The molecular weight excluding hydrogens is 408 g/mol. The van der Waals surface area contributed by atoms with Gasteiger partial charge in [0, 0.05) is 45.5 Å². The van der Waals surface area contributed by atoms with Crippen LogP contribution < -0.4 is 15.4 Å². The third kappa shape index (κ3) is 7.10. The average molecular weight is 449 g/mol. The minimum Gasteiger partial charge on any atom is -0.491 e. The van der Waals surface area contributed by atoms with Gasteiger partial charge in [0.25, 0.3) is 5.91 Å². The molecule has 32 heavy (non-hydrogen) atoms. The van der Waals surface area contributed by atoms with Crippen LogP contribution in [0.2, 0.25) is 0 Å². The largest absolute Gasteiger partial charge is 0.491 e. The fraction of sp³-hybridized carbons (Fsp3) is 0.667. The summed E-state index contributed by atoms with van der Waals surface area (Å²) in [6.07, 6.45) is 1.82. The molecule has 1 aromatic carbocycles. The predicted molar refractivity (Wildman–Crippen MR) is 127 cm³/mol. The van der Waals surface area contributed by atoms with Crippen LogP contribution in [-0.4, -0.2) is 80.8 Å². The van der Waals surface area contributed by atoms with Crippen molar-refractivity contribution in [1.82, 2.24) is 15.1 Å². The van der Waals surface area contributed by atoms with E-state index >= 15 is 0 Å². The van der Waals surface area contributed by atoms with Crippen molar-refractivity contribution in [2.24, 2.45) is 5.92 Å². The van der Waals surface area contributed by atoms with Gasteiger partial charge < -0.3 is 25.0 Å². The monoisotopic (exact) mass is 448 g/mol. The minimum absolute atomic E-state index is 0.0829. The summed E-state index contributed by atoms with van der Waals surface area (Å²) in [6, 6.07) is 5.10. The Morgan fingerprint density at radius 1 is 1.22 bits per heavy atom. The van der Waals surface area contributed by atoms with Gasteiger partial charge in [0.2, 0.25) is 0 Å². The van der Waals surface area contributed by atoms with Gasteiger partial charge in [-0.1, -0.05) is 20.8 Å². The Labute approximate surface area is 192 Å². The van der Waals surface area contributed by atoms with Gasteiger partial charge in [0.1, 0.15) is 12.4 Å². The maximum absolute atomic E-state index is 13.3. The van der Waals surface area contributed by atoms with Gasteiger partial charge in [0.15, 0.2) is 0 Å². The van der Waals surface area contributed by atoms with Crippen LogP contribution in [-0.2, 0) is 4.74 Å². The molecule has 1 aromatic rings. The molecule has 0 fully saturated rings. The first-order chi connectivity index (χ1) is 15.3. The number of carbonyl (C=O) groups excluding carboxylic acids is 2. The van der Waals surface area contributed by atoms with Crippen molar-refractivity contribution >= 4 is 17.6 Å². The first kappa shape index (κ1) is 25.9. The number of urea groups is 1. The molecule has 8 heteroatoms. The molecule has 2 N–H and O–H groups in total. The zero-order valence-corrected chi connectivity index (χ0v) is 20.4.